The van der Waals surface area contributed by atoms with E-state index in [0.717, 1.165) is 25.0 Å². The summed E-state index contributed by atoms with van der Waals surface area (Å²) in [6.07, 6.45) is 3.67. The van der Waals surface area contributed by atoms with Gasteiger partial charge in [-0.3, -0.25) is 23.9 Å². The molecule has 3 aliphatic carbocycles. The maximum atomic E-state index is 14.6. The number of nitrogens with zero attached hydrogens (tertiary/aromatic N) is 3. The van der Waals surface area contributed by atoms with E-state index in [0.29, 0.717) is 61.4 Å². The molecule has 14 nitrogen and oxygen atoms in total. The zero-order valence-corrected chi connectivity index (χ0v) is 34.1. The number of sulfonamides is 1. The average Bonchev–Trinajstić information content (AvgIpc) is 4.19. The van der Waals surface area contributed by atoms with Gasteiger partial charge in [0.1, 0.15) is 34.8 Å². The molecule has 4 aromatic rings. The molecule has 2 aromatic heterocycles. The van der Waals surface area contributed by atoms with E-state index in [1.165, 1.54) is 17.0 Å². The van der Waals surface area contributed by atoms with Gasteiger partial charge >= 0.3 is 6.18 Å². The number of fused-ring (bicyclic) bond motifs is 5. The Kier molecular flexibility index (Phi) is 10.1. The molecule has 0 radical (unpaired) electrons. The Balaban J connectivity index is 1.06. The van der Waals surface area contributed by atoms with Crippen molar-refractivity contribution < 1.29 is 49.9 Å². The fourth-order valence-electron chi connectivity index (χ4n) is 8.32. The first kappa shape index (κ1) is 40.9. The molecule has 4 fully saturated rings. The molecule has 0 unspecified atom stereocenters. The number of nitrogens with one attached hydrogen (secondary N) is 3. The molecule has 5 aliphatic rings. The van der Waals surface area contributed by atoms with Gasteiger partial charge in [0, 0.05) is 29.2 Å². The van der Waals surface area contributed by atoms with E-state index >= 15 is 0 Å². The number of ether oxygens (including phenoxy) is 1. The molecular weight excluding hydrogens is 818 g/mol. The molecule has 4 heterocycles. The molecular formula is C43H45F3N6O8S. The van der Waals surface area contributed by atoms with Gasteiger partial charge < -0.3 is 24.7 Å². The minimum Gasteiger partial charge on any atom is -0.470 e. The maximum absolute atomic E-state index is 14.6. The third-order valence-corrected chi connectivity index (χ3v) is 14.8. The molecule has 5 atom stereocenters. The third-order valence-electron chi connectivity index (χ3n) is 12.7. The molecule has 9 rings (SSSR count). The van der Waals surface area contributed by atoms with Crippen LogP contribution in [0.15, 0.2) is 65.1 Å². The van der Waals surface area contributed by atoms with Crippen LogP contribution in [-0.2, 0) is 35.4 Å². The number of aromatic nitrogens is 2. The van der Waals surface area contributed by atoms with Crippen molar-refractivity contribution in [1.82, 2.24) is 30.2 Å². The van der Waals surface area contributed by atoms with Crippen LogP contribution < -0.4 is 20.1 Å². The summed E-state index contributed by atoms with van der Waals surface area (Å²) in [4.78, 5) is 66.9. The fourth-order valence-corrected chi connectivity index (χ4v) is 9.63. The number of carbonyl (C=O) groups excluding carboxylic acids is 4. The van der Waals surface area contributed by atoms with Crippen molar-refractivity contribution in [1.29, 1.82) is 0 Å². The fraction of sp³-hybridized carbons (Fsp3) is 0.488. The smallest absolute Gasteiger partial charge is 0.416 e. The first-order chi connectivity index (χ1) is 29.0. The number of halogens is 3. The quantitative estimate of drug-likeness (QED) is 0.186. The number of para-hydroxylation sites is 1. The predicted octanol–water partition coefficient (Wildman–Crippen LogP) is 5.70. The van der Waals surface area contributed by atoms with Crippen molar-refractivity contribution in [3.05, 3.63) is 66.2 Å². The lowest BCUT2D eigenvalue weighted by Gasteiger charge is -2.30. The molecule has 2 aromatic carbocycles. The van der Waals surface area contributed by atoms with E-state index < -0.39 is 73.9 Å². The van der Waals surface area contributed by atoms with Crippen LogP contribution in [0.25, 0.3) is 33.5 Å². The van der Waals surface area contributed by atoms with Gasteiger partial charge in [0.2, 0.25) is 33.3 Å². The van der Waals surface area contributed by atoms with E-state index in [1.807, 2.05) is 12.2 Å². The maximum Gasteiger partial charge on any atom is 0.416 e. The van der Waals surface area contributed by atoms with Crippen LogP contribution in [0.5, 0.6) is 5.88 Å². The number of amides is 4. The first-order valence-electron chi connectivity index (χ1n) is 20.8. The second-order valence-electron chi connectivity index (χ2n) is 17.2. The van der Waals surface area contributed by atoms with Gasteiger partial charge in [0.25, 0.3) is 11.8 Å². The lowest BCUT2D eigenvalue weighted by Crippen LogP contribution is -2.58. The van der Waals surface area contributed by atoms with Gasteiger partial charge in [-0.25, -0.2) is 13.4 Å². The predicted molar refractivity (Wildman–Crippen MR) is 215 cm³/mol. The number of hydrogen-bond donors (Lipinski definition) is 3. The Bertz CT molecular complexity index is 2570. The summed E-state index contributed by atoms with van der Waals surface area (Å²) >= 11 is 0. The lowest BCUT2D eigenvalue weighted by atomic mass is 10.0. The van der Waals surface area contributed by atoms with Gasteiger partial charge in [-0.1, -0.05) is 49.3 Å². The molecule has 2 aliphatic heterocycles. The van der Waals surface area contributed by atoms with Gasteiger partial charge in [-0.15, -0.1) is 0 Å². The van der Waals surface area contributed by atoms with Crippen LogP contribution in [0.2, 0.25) is 0 Å². The van der Waals surface area contributed by atoms with Gasteiger partial charge in [0.05, 0.1) is 16.9 Å². The van der Waals surface area contributed by atoms with Crippen LogP contribution in [0.1, 0.15) is 83.1 Å². The molecule has 4 amide bonds. The van der Waals surface area contributed by atoms with Crippen LogP contribution in [0.3, 0.4) is 0 Å². The highest BCUT2D eigenvalue weighted by molar-refractivity contribution is 7.91. The summed E-state index contributed by atoms with van der Waals surface area (Å²) in [5, 5.41) is 6.38. The van der Waals surface area contributed by atoms with E-state index in [-0.39, 0.29) is 54.1 Å². The minimum absolute atomic E-state index is 0.0445. The van der Waals surface area contributed by atoms with Gasteiger partial charge in [-0.05, 0) is 82.6 Å². The zero-order valence-electron chi connectivity index (χ0n) is 33.3. The van der Waals surface area contributed by atoms with Gasteiger partial charge in [-0.2, -0.15) is 18.2 Å². The number of benzene rings is 2. The van der Waals surface area contributed by atoms with Gasteiger partial charge in [0.15, 0.2) is 5.82 Å². The highest BCUT2D eigenvalue weighted by Crippen LogP contribution is 2.48. The normalized spacial score (nSPS) is 27.2. The highest BCUT2D eigenvalue weighted by atomic mass is 32.2. The Hall–Kier alpha value is -5.52. The largest absolute Gasteiger partial charge is 0.470 e. The number of carbonyl (C=O) groups is 4. The summed E-state index contributed by atoms with van der Waals surface area (Å²) in [6.45, 7) is 1.41. The van der Waals surface area contributed by atoms with Crippen LogP contribution in [0.4, 0.5) is 13.2 Å². The molecule has 0 bridgehead atoms. The zero-order chi connectivity index (χ0) is 42.9. The topological polar surface area (TPSA) is 190 Å². The van der Waals surface area contributed by atoms with Crippen LogP contribution in [-0.4, -0.2) is 81.9 Å². The molecule has 61 heavy (non-hydrogen) atoms. The Morgan fingerprint density at radius 1 is 1.00 bits per heavy atom. The molecule has 0 spiro atoms. The number of furan rings is 1. The van der Waals surface area contributed by atoms with E-state index in [4.69, 9.17) is 9.15 Å². The minimum atomic E-state index is -4.56. The summed E-state index contributed by atoms with van der Waals surface area (Å²) in [5.74, 6) is -3.02. The molecule has 3 saturated carbocycles. The second-order valence-corrected chi connectivity index (χ2v) is 19.4. The van der Waals surface area contributed by atoms with Crippen LogP contribution >= 0.6 is 0 Å². The number of hydrogen-bond acceptors (Lipinski definition) is 10. The van der Waals surface area contributed by atoms with E-state index in [9.17, 15) is 40.8 Å². The summed E-state index contributed by atoms with van der Waals surface area (Å²) in [6, 6.07) is 9.20. The molecule has 3 N–H and O–H groups in total. The SMILES string of the molecule is CC1(S(=O)(=O)NC(=O)[C@@]23C[C@@H]2/C=C\CCCCC[C@H](NC(=O)C2CC2)C(=O)N2C[C@H](Oc4nc(-c5ccc(C(F)(F)F)cc5)nc5c4oc4ccccc45)C[C@H]2C(=O)N3)CC1. The summed E-state index contributed by atoms with van der Waals surface area (Å²) in [5.41, 5.74) is -1.27. The second kappa shape index (κ2) is 15.1. The van der Waals surface area contributed by atoms with E-state index in [2.05, 4.69) is 25.3 Å². The molecule has 18 heteroatoms. The monoisotopic (exact) mass is 862 g/mol. The van der Waals surface area contributed by atoms with Crippen molar-refractivity contribution in [2.45, 2.75) is 112 Å². The van der Waals surface area contributed by atoms with Crippen molar-refractivity contribution >= 4 is 55.7 Å². The lowest BCUT2D eigenvalue weighted by molar-refractivity contribution is -0.142. The first-order valence-corrected chi connectivity index (χ1v) is 22.2. The van der Waals surface area contributed by atoms with Crippen LogP contribution in [0, 0.1) is 11.8 Å². The number of allylic oxidation sites excluding steroid dienone is 1. The van der Waals surface area contributed by atoms with Crippen molar-refractivity contribution in [2.75, 3.05) is 6.54 Å². The third kappa shape index (κ3) is 7.94. The Morgan fingerprint density at radius 2 is 1.75 bits per heavy atom. The molecule has 322 valence electrons. The Morgan fingerprint density at radius 3 is 2.48 bits per heavy atom. The standard InChI is InChI=1S/C43H45F3N6O8S/c1-41(19-20-41)61(57,58)51-40(56)42-22-27(42)9-5-3-2-4-6-11-30(47-36(53)25-13-14-25)39(55)52-23-28(21-31(52)37(54)50-42)59-38-34-33(29-10-7-8-12-32(29)60-34)48-35(49-38)24-15-17-26(18-16-24)43(44,45)46/h5,7-10,12,15-18,25,27-28,30-31H,2-4,6,11,13-14,19-23H2,1H3,(H,47,53)(H,50,54)(H,51,56)/b9-5-/t27-,28+,30-,31-,42+/m0/s1. The summed E-state index contributed by atoms with van der Waals surface area (Å²) < 4.78 is 80.6. The van der Waals surface area contributed by atoms with E-state index in [1.54, 1.807) is 31.2 Å². The van der Waals surface area contributed by atoms with Crippen molar-refractivity contribution in [2.24, 2.45) is 11.8 Å². The number of rotatable bonds is 8. The number of alkyl halides is 3. The van der Waals surface area contributed by atoms with Crippen molar-refractivity contribution in [3.8, 4) is 17.3 Å². The van der Waals surface area contributed by atoms with Crippen molar-refractivity contribution in [3.63, 3.8) is 0 Å². The summed E-state index contributed by atoms with van der Waals surface area (Å²) in [7, 11) is -4.05. The molecule has 1 saturated heterocycles. The average molecular weight is 863 g/mol. The highest BCUT2D eigenvalue weighted by Gasteiger charge is 2.63. The Labute approximate surface area is 349 Å².